The summed E-state index contributed by atoms with van der Waals surface area (Å²) in [6.07, 6.45) is 2.40. The fourth-order valence-corrected chi connectivity index (χ4v) is 4.10. The first-order valence-electron chi connectivity index (χ1n) is 7.76. The lowest BCUT2D eigenvalue weighted by molar-refractivity contribution is -0.139. The van der Waals surface area contributed by atoms with Gasteiger partial charge in [0.2, 0.25) is 11.8 Å². The zero-order valence-electron chi connectivity index (χ0n) is 12.2. The van der Waals surface area contributed by atoms with Crippen molar-refractivity contribution in [2.75, 3.05) is 13.6 Å². The van der Waals surface area contributed by atoms with Gasteiger partial charge >= 0.3 is 0 Å². The van der Waals surface area contributed by atoms with Crippen LogP contribution >= 0.6 is 0 Å². The van der Waals surface area contributed by atoms with Crippen LogP contribution < -0.4 is 0 Å². The molecule has 2 amide bonds. The van der Waals surface area contributed by atoms with E-state index < -0.39 is 0 Å². The molecule has 1 saturated carbocycles. The summed E-state index contributed by atoms with van der Waals surface area (Å²) >= 11 is 0. The molecule has 0 aromatic heterocycles. The van der Waals surface area contributed by atoms with Crippen molar-refractivity contribution in [2.45, 2.75) is 25.4 Å². The van der Waals surface area contributed by atoms with Gasteiger partial charge in [0, 0.05) is 26.2 Å². The van der Waals surface area contributed by atoms with Gasteiger partial charge in [-0.3, -0.25) is 19.4 Å². The molecule has 2 saturated heterocycles. The Morgan fingerprint density at radius 1 is 1.10 bits per heavy atom. The Balaban J connectivity index is 1.61. The summed E-state index contributed by atoms with van der Waals surface area (Å²) in [6, 6.07) is 10.6. The molecule has 0 N–H and O–H groups in total. The molecule has 110 valence electrons. The monoisotopic (exact) mass is 284 g/mol. The molecule has 0 radical (unpaired) electrons. The summed E-state index contributed by atoms with van der Waals surface area (Å²) in [6.45, 7) is 1.58. The van der Waals surface area contributed by atoms with Gasteiger partial charge in [-0.15, -0.1) is 0 Å². The number of fused-ring (bicyclic) bond motifs is 1. The smallest absolute Gasteiger partial charge is 0.234 e. The molecule has 1 aliphatic carbocycles. The van der Waals surface area contributed by atoms with E-state index in [0.29, 0.717) is 5.92 Å². The van der Waals surface area contributed by atoms with Crippen LogP contribution in [0.25, 0.3) is 0 Å². The number of rotatable bonds is 3. The minimum Gasteiger partial charge on any atom is -0.294 e. The molecule has 0 bridgehead atoms. The van der Waals surface area contributed by atoms with Gasteiger partial charge in [0.1, 0.15) is 0 Å². The highest BCUT2D eigenvalue weighted by molar-refractivity contribution is 6.05. The van der Waals surface area contributed by atoms with Crippen LogP contribution in [0.1, 0.15) is 18.4 Å². The van der Waals surface area contributed by atoms with Crippen molar-refractivity contribution in [3.8, 4) is 0 Å². The van der Waals surface area contributed by atoms with E-state index in [1.165, 1.54) is 23.3 Å². The lowest BCUT2D eigenvalue weighted by Gasteiger charge is -2.28. The van der Waals surface area contributed by atoms with Gasteiger partial charge in [0.25, 0.3) is 0 Å². The van der Waals surface area contributed by atoms with Crippen LogP contribution in [-0.4, -0.2) is 41.2 Å². The van der Waals surface area contributed by atoms with Crippen LogP contribution in [0.15, 0.2) is 30.3 Å². The second-order valence-corrected chi connectivity index (χ2v) is 6.61. The van der Waals surface area contributed by atoms with E-state index in [4.69, 9.17) is 0 Å². The zero-order chi connectivity index (χ0) is 14.6. The highest BCUT2D eigenvalue weighted by Gasteiger charge is 2.59. The molecular formula is C17H20N2O2. The van der Waals surface area contributed by atoms with Crippen molar-refractivity contribution >= 4 is 11.8 Å². The second kappa shape index (κ2) is 4.67. The molecule has 3 atom stereocenters. The van der Waals surface area contributed by atoms with Gasteiger partial charge in [-0.25, -0.2) is 0 Å². The standard InChI is InChI=1S/C17H20N2O2/c1-18-16(20)13-10-19(9-11-5-3-2-4-6-11)15(12-7-8-12)14(13)17(18)21/h2-6,12-15H,7-10H2,1H3/t13-,14+,15-/m1/s1. The molecule has 1 aromatic carbocycles. The maximum Gasteiger partial charge on any atom is 0.234 e. The van der Waals surface area contributed by atoms with Gasteiger partial charge in [-0.2, -0.15) is 0 Å². The van der Waals surface area contributed by atoms with Crippen molar-refractivity contribution in [3.05, 3.63) is 35.9 Å². The van der Waals surface area contributed by atoms with Gasteiger partial charge < -0.3 is 0 Å². The number of imide groups is 1. The average Bonchev–Trinajstić information content (AvgIpc) is 3.24. The average molecular weight is 284 g/mol. The van der Waals surface area contributed by atoms with Crippen LogP contribution in [0.5, 0.6) is 0 Å². The zero-order valence-corrected chi connectivity index (χ0v) is 12.2. The van der Waals surface area contributed by atoms with Crippen LogP contribution in [0.3, 0.4) is 0 Å². The Bertz CT molecular complexity index is 582. The third kappa shape index (κ3) is 2.01. The fourth-order valence-electron chi connectivity index (χ4n) is 4.10. The minimum absolute atomic E-state index is 0.0196. The third-order valence-corrected chi connectivity index (χ3v) is 5.25. The first kappa shape index (κ1) is 13.0. The predicted octanol–water partition coefficient (Wildman–Crippen LogP) is 1.51. The van der Waals surface area contributed by atoms with Crippen LogP contribution in [-0.2, 0) is 16.1 Å². The number of amides is 2. The van der Waals surface area contributed by atoms with E-state index >= 15 is 0 Å². The molecule has 1 aromatic rings. The molecule has 0 spiro atoms. The van der Waals surface area contributed by atoms with E-state index in [1.54, 1.807) is 7.05 Å². The lowest BCUT2D eigenvalue weighted by atomic mass is 9.90. The Labute approximate surface area is 124 Å². The molecule has 2 aliphatic heterocycles. The summed E-state index contributed by atoms with van der Waals surface area (Å²) < 4.78 is 0. The summed E-state index contributed by atoms with van der Waals surface area (Å²) in [4.78, 5) is 28.4. The third-order valence-electron chi connectivity index (χ3n) is 5.25. The number of hydrogen-bond acceptors (Lipinski definition) is 3. The Hall–Kier alpha value is -1.68. The van der Waals surface area contributed by atoms with Gasteiger partial charge in [0.15, 0.2) is 0 Å². The summed E-state index contributed by atoms with van der Waals surface area (Å²) in [7, 11) is 1.63. The Morgan fingerprint density at radius 2 is 1.81 bits per heavy atom. The summed E-state index contributed by atoms with van der Waals surface area (Å²) in [5.74, 6) is 0.450. The van der Waals surface area contributed by atoms with E-state index in [2.05, 4.69) is 17.0 Å². The number of hydrogen-bond donors (Lipinski definition) is 0. The molecule has 3 fully saturated rings. The van der Waals surface area contributed by atoms with Crippen molar-refractivity contribution in [2.24, 2.45) is 17.8 Å². The maximum absolute atomic E-state index is 12.4. The number of nitrogens with zero attached hydrogens (tertiary/aromatic N) is 2. The van der Waals surface area contributed by atoms with E-state index in [-0.39, 0.29) is 29.7 Å². The maximum atomic E-state index is 12.4. The highest BCUT2D eigenvalue weighted by atomic mass is 16.2. The molecular weight excluding hydrogens is 264 g/mol. The number of carbonyl (C=O) groups is 2. The van der Waals surface area contributed by atoms with Crippen molar-refractivity contribution in [1.29, 1.82) is 0 Å². The van der Waals surface area contributed by atoms with Gasteiger partial charge in [-0.05, 0) is 24.3 Å². The first-order valence-corrected chi connectivity index (χ1v) is 7.76. The Morgan fingerprint density at radius 3 is 2.48 bits per heavy atom. The molecule has 4 heteroatoms. The summed E-state index contributed by atoms with van der Waals surface area (Å²) in [5, 5.41) is 0. The molecule has 21 heavy (non-hydrogen) atoms. The summed E-state index contributed by atoms with van der Waals surface area (Å²) in [5.41, 5.74) is 1.26. The first-order chi connectivity index (χ1) is 10.2. The molecule has 3 aliphatic rings. The van der Waals surface area contributed by atoms with E-state index in [0.717, 1.165) is 13.1 Å². The molecule has 0 unspecified atom stereocenters. The Kier molecular flexibility index (Phi) is 2.89. The van der Waals surface area contributed by atoms with Gasteiger partial charge in [-0.1, -0.05) is 30.3 Å². The predicted molar refractivity (Wildman–Crippen MR) is 78.1 cm³/mol. The van der Waals surface area contributed by atoms with E-state index in [1.807, 2.05) is 18.2 Å². The van der Waals surface area contributed by atoms with Gasteiger partial charge in [0.05, 0.1) is 11.8 Å². The molecule has 4 rings (SSSR count). The fraction of sp³-hybridized carbons (Fsp3) is 0.529. The highest BCUT2D eigenvalue weighted by Crippen LogP contribution is 2.48. The van der Waals surface area contributed by atoms with Crippen molar-refractivity contribution < 1.29 is 9.59 Å². The minimum atomic E-state index is -0.114. The topological polar surface area (TPSA) is 40.6 Å². The molecule has 4 nitrogen and oxygen atoms in total. The SMILES string of the molecule is CN1C(=O)[C@@H]2[C@@H](C3CC3)N(Cc3ccccc3)C[C@H]2C1=O. The second-order valence-electron chi connectivity index (χ2n) is 6.61. The van der Waals surface area contributed by atoms with Crippen molar-refractivity contribution in [1.82, 2.24) is 9.80 Å². The number of carbonyl (C=O) groups excluding carboxylic acids is 2. The lowest BCUT2D eigenvalue weighted by Crippen LogP contribution is -2.40. The number of benzene rings is 1. The molecule has 2 heterocycles. The van der Waals surface area contributed by atoms with Crippen molar-refractivity contribution in [3.63, 3.8) is 0 Å². The largest absolute Gasteiger partial charge is 0.294 e. The number of likely N-dealkylation sites (tertiary alicyclic amines) is 2. The van der Waals surface area contributed by atoms with Crippen LogP contribution in [0.2, 0.25) is 0 Å². The quantitative estimate of drug-likeness (QED) is 0.790. The van der Waals surface area contributed by atoms with E-state index in [9.17, 15) is 9.59 Å². The normalized spacial score (nSPS) is 32.8. The van der Waals surface area contributed by atoms with Crippen LogP contribution in [0.4, 0.5) is 0 Å². The van der Waals surface area contributed by atoms with Crippen LogP contribution in [0, 0.1) is 17.8 Å².